The minimum Gasteiger partial charge on any atom is -0.481 e. The molecule has 1 saturated carbocycles. The summed E-state index contributed by atoms with van der Waals surface area (Å²) >= 11 is 0. The number of nitrogens with zero attached hydrogens (tertiary/aromatic N) is 1. The fraction of sp³-hybridized carbons (Fsp3) is 0.571. The van der Waals surface area contributed by atoms with Gasteiger partial charge >= 0.3 is 0 Å². The Morgan fingerprint density at radius 3 is 2.52 bits per heavy atom. The fourth-order valence-electron chi connectivity index (χ4n) is 2.31. The Labute approximate surface area is 121 Å². The maximum atomic E-state index is 13.1. The molecule has 1 fully saturated rings. The van der Waals surface area contributed by atoms with Crippen molar-refractivity contribution in [3.63, 3.8) is 0 Å². The van der Waals surface area contributed by atoms with E-state index in [1.165, 1.54) is 20.3 Å². The predicted molar refractivity (Wildman–Crippen MR) is 72.0 cm³/mol. The quantitative estimate of drug-likeness (QED) is 0.927. The lowest BCUT2D eigenvalue weighted by Gasteiger charge is -2.28. The van der Waals surface area contributed by atoms with Gasteiger partial charge in [-0.3, -0.25) is 4.79 Å². The largest absolute Gasteiger partial charge is 0.481 e. The Balaban J connectivity index is 2.04. The molecule has 1 aliphatic rings. The van der Waals surface area contributed by atoms with E-state index in [4.69, 9.17) is 9.47 Å². The van der Waals surface area contributed by atoms with Crippen LogP contribution in [0.15, 0.2) is 12.1 Å². The van der Waals surface area contributed by atoms with Crippen molar-refractivity contribution >= 4 is 5.91 Å². The monoisotopic (exact) mass is 300 g/mol. The number of amides is 1. The molecule has 0 bridgehead atoms. The predicted octanol–water partition coefficient (Wildman–Crippen LogP) is 2.41. The Kier molecular flexibility index (Phi) is 4.59. The first-order valence-electron chi connectivity index (χ1n) is 6.73. The summed E-state index contributed by atoms with van der Waals surface area (Å²) in [5.74, 6) is -2.51. The van der Waals surface area contributed by atoms with Crippen LogP contribution in [-0.4, -0.2) is 37.1 Å². The van der Waals surface area contributed by atoms with Crippen LogP contribution in [-0.2, 0) is 0 Å². The van der Waals surface area contributed by atoms with E-state index in [9.17, 15) is 13.6 Å². The Hall–Kier alpha value is -1.92. The van der Waals surface area contributed by atoms with Crippen molar-refractivity contribution in [2.75, 3.05) is 14.2 Å². The molecule has 0 radical (unpaired) electrons. The van der Waals surface area contributed by atoms with Gasteiger partial charge in [-0.05, 0) is 18.9 Å². The normalized spacial score (nSPS) is 18.1. The highest BCUT2D eigenvalue weighted by atomic mass is 19.3. The molecule has 0 saturated heterocycles. The summed E-state index contributed by atoms with van der Waals surface area (Å²) < 4.78 is 36.2. The number of carbonyl (C=O) groups is 1. The van der Waals surface area contributed by atoms with Crippen molar-refractivity contribution in [3.05, 3.63) is 17.7 Å². The SMILES string of the molecule is COc1ccc(C(=O)NC2CCC(F)(F)CC2)c(OC)n1. The fourth-order valence-corrected chi connectivity index (χ4v) is 2.31. The van der Waals surface area contributed by atoms with Crippen molar-refractivity contribution in [2.45, 2.75) is 37.6 Å². The Bertz CT molecular complexity index is 513. The topological polar surface area (TPSA) is 60.5 Å². The van der Waals surface area contributed by atoms with Gasteiger partial charge in [0.1, 0.15) is 5.56 Å². The van der Waals surface area contributed by atoms with E-state index in [1.54, 1.807) is 6.07 Å². The van der Waals surface area contributed by atoms with Gasteiger partial charge in [0.2, 0.25) is 17.7 Å². The highest BCUT2D eigenvalue weighted by Crippen LogP contribution is 2.33. The van der Waals surface area contributed by atoms with Gasteiger partial charge in [0, 0.05) is 24.9 Å². The highest BCUT2D eigenvalue weighted by Gasteiger charge is 2.35. The summed E-state index contributed by atoms with van der Waals surface area (Å²) in [6, 6.07) is 2.84. The van der Waals surface area contributed by atoms with Crippen LogP contribution in [0.1, 0.15) is 36.0 Å². The van der Waals surface area contributed by atoms with Gasteiger partial charge in [-0.25, -0.2) is 8.78 Å². The van der Waals surface area contributed by atoms with E-state index in [-0.39, 0.29) is 49.1 Å². The van der Waals surface area contributed by atoms with Crippen LogP contribution in [0, 0.1) is 0 Å². The molecule has 21 heavy (non-hydrogen) atoms. The second-order valence-corrected chi connectivity index (χ2v) is 5.01. The zero-order chi connectivity index (χ0) is 15.5. The number of hydrogen-bond acceptors (Lipinski definition) is 4. The summed E-state index contributed by atoms with van der Waals surface area (Å²) in [7, 11) is 2.86. The van der Waals surface area contributed by atoms with Gasteiger partial charge in [0.15, 0.2) is 0 Å². The number of hydrogen-bond donors (Lipinski definition) is 1. The molecular formula is C14H18F2N2O3. The first kappa shape index (κ1) is 15.5. The molecule has 2 rings (SSSR count). The molecule has 0 atom stereocenters. The van der Waals surface area contributed by atoms with E-state index >= 15 is 0 Å². The molecule has 0 spiro atoms. The van der Waals surface area contributed by atoms with Crippen molar-refractivity contribution < 1.29 is 23.0 Å². The number of rotatable bonds is 4. The maximum Gasteiger partial charge on any atom is 0.256 e. The molecular weight excluding hydrogens is 282 g/mol. The summed E-state index contributed by atoms with van der Waals surface area (Å²) in [6.45, 7) is 0. The third-order valence-corrected chi connectivity index (χ3v) is 3.53. The lowest BCUT2D eigenvalue weighted by atomic mass is 9.92. The minimum absolute atomic E-state index is 0.146. The van der Waals surface area contributed by atoms with Crippen LogP contribution < -0.4 is 14.8 Å². The number of halogens is 2. The number of methoxy groups -OCH3 is 2. The average Bonchev–Trinajstić information content (AvgIpc) is 2.48. The van der Waals surface area contributed by atoms with Crippen LogP contribution in [0.25, 0.3) is 0 Å². The average molecular weight is 300 g/mol. The first-order chi connectivity index (χ1) is 9.95. The van der Waals surface area contributed by atoms with Crippen molar-refractivity contribution in [1.82, 2.24) is 10.3 Å². The zero-order valence-corrected chi connectivity index (χ0v) is 12.0. The van der Waals surface area contributed by atoms with E-state index < -0.39 is 5.92 Å². The molecule has 1 aromatic rings. The molecule has 0 unspecified atom stereocenters. The summed E-state index contributed by atoms with van der Waals surface area (Å²) in [4.78, 5) is 16.2. The highest BCUT2D eigenvalue weighted by molar-refractivity contribution is 5.96. The second-order valence-electron chi connectivity index (χ2n) is 5.01. The molecule has 116 valence electrons. The van der Waals surface area contributed by atoms with Gasteiger partial charge in [-0.15, -0.1) is 0 Å². The molecule has 1 N–H and O–H groups in total. The Morgan fingerprint density at radius 2 is 1.95 bits per heavy atom. The number of aromatic nitrogens is 1. The molecule has 1 amide bonds. The molecule has 1 aromatic heterocycles. The summed E-state index contributed by atoms with van der Waals surface area (Å²) in [6.07, 6.45) is 0.140. The van der Waals surface area contributed by atoms with E-state index in [0.29, 0.717) is 5.88 Å². The third kappa shape index (κ3) is 3.80. The van der Waals surface area contributed by atoms with E-state index in [1.807, 2.05) is 0 Å². The molecule has 1 aliphatic carbocycles. The van der Waals surface area contributed by atoms with Crippen molar-refractivity contribution in [2.24, 2.45) is 0 Å². The second kappa shape index (κ2) is 6.24. The number of ether oxygens (including phenoxy) is 2. The van der Waals surface area contributed by atoms with Gasteiger partial charge in [-0.1, -0.05) is 0 Å². The summed E-state index contributed by atoms with van der Waals surface area (Å²) in [5.41, 5.74) is 0.260. The van der Waals surface area contributed by atoms with Crippen molar-refractivity contribution in [1.29, 1.82) is 0 Å². The van der Waals surface area contributed by atoms with Gasteiger partial charge in [-0.2, -0.15) is 4.98 Å². The van der Waals surface area contributed by atoms with Crippen LogP contribution in [0.4, 0.5) is 8.78 Å². The van der Waals surface area contributed by atoms with E-state index in [0.717, 1.165) is 0 Å². The standard InChI is InChI=1S/C14H18F2N2O3/c1-20-11-4-3-10(13(18-11)21-2)12(19)17-9-5-7-14(15,16)8-6-9/h3-4,9H,5-8H2,1-2H3,(H,17,19). The Morgan fingerprint density at radius 1 is 1.29 bits per heavy atom. The van der Waals surface area contributed by atoms with Gasteiger partial charge < -0.3 is 14.8 Å². The lowest BCUT2D eigenvalue weighted by Crippen LogP contribution is -2.40. The molecule has 0 aromatic carbocycles. The van der Waals surface area contributed by atoms with E-state index in [2.05, 4.69) is 10.3 Å². The van der Waals surface area contributed by atoms with Crippen LogP contribution in [0.3, 0.4) is 0 Å². The molecule has 7 heteroatoms. The maximum absolute atomic E-state index is 13.1. The molecule has 1 heterocycles. The zero-order valence-electron chi connectivity index (χ0n) is 12.0. The number of alkyl halides is 2. The molecule has 5 nitrogen and oxygen atoms in total. The van der Waals surface area contributed by atoms with Gasteiger partial charge in [0.25, 0.3) is 5.91 Å². The molecule has 0 aliphatic heterocycles. The van der Waals surface area contributed by atoms with Gasteiger partial charge in [0.05, 0.1) is 14.2 Å². The number of pyridine rings is 1. The van der Waals surface area contributed by atoms with Crippen LogP contribution in [0.2, 0.25) is 0 Å². The minimum atomic E-state index is -2.61. The third-order valence-electron chi connectivity index (χ3n) is 3.53. The van der Waals surface area contributed by atoms with Crippen LogP contribution >= 0.6 is 0 Å². The smallest absolute Gasteiger partial charge is 0.256 e. The summed E-state index contributed by atoms with van der Waals surface area (Å²) in [5, 5.41) is 2.75. The van der Waals surface area contributed by atoms with Crippen LogP contribution in [0.5, 0.6) is 11.8 Å². The number of carbonyl (C=O) groups excluding carboxylic acids is 1. The van der Waals surface area contributed by atoms with Crippen molar-refractivity contribution in [3.8, 4) is 11.8 Å². The lowest BCUT2D eigenvalue weighted by molar-refractivity contribution is -0.0399. The first-order valence-corrected chi connectivity index (χ1v) is 6.73. The number of nitrogens with one attached hydrogen (secondary N) is 1.